The molecule has 1 aliphatic heterocycles. The average Bonchev–Trinajstić information content (AvgIpc) is 2.70. The second-order valence-electron chi connectivity index (χ2n) is 6.82. The fourth-order valence-electron chi connectivity index (χ4n) is 3.19. The summed E-state index contributed by atoms with van der Waals surface area (Å²) in [6, 6.07) is 15.3. The molecule has 3 N–H and O–H groups in total. The first-order valence-electron chi connectivity index (χ1n) is 9.23. The molecule has 0 saturated carbocycles. The molecule has 0 radical (unpaired) electrons. The number of carbonyl (C=O) groups excluding carboxylic acids is 2. The first-order chi connectivity index (χ1) is 13.5. The third-order valence-corrected chi connectivity index (χ3v) is 4.74. The van der Waals surface area contributed by atoms with Crippen LogP contribution in [0.15, 0.2) is 54.6 Å². The second kappa shape index (κ2) is 9.14. The molecule has 146 valence electrons. The summed E-state index contributed by atoms with van der Waals surface area (Å²) in [4.78, 5) is 37.4. The molecule has 0 spiro atoms. The molecule has 1 heterocycles. The van der Waals surface area contributed by atoms with Gasteiger partial charge in [-0.2, -0.15) is 0 Å². The molecule has 2 aromatic rings. The summed E-state index contributed by atoms with van der Waals surface area (Å²) >= 11 is 0. The van der Waals surface area contributed by atoms with Crippen molar-refractivity contribution in [3.05, 3.63) is 65.7 Å². The quantitative estimate of drug-likeness (QED) is 0.713. The van der Waals surface area contributed by atoms with Crippen molar-refractivity contribution in [1.82, 2.24) is 10.2 Å². The van der Waals surface area contributed by atoms with Gasteiger partial charge in [0.05, 0.1) is 12.1 Å². The van der Waals surface area contributed by atoms with Gasteiger partial charge in [0.2, 0.25) is 5.91 Å². The summed E-state index contributed by atoms with van der Waals surface area (Å²) in [5.41, 5.74) is 1.37. The largest absolute Gasteiger partial charge is 0.478 e. The van der Waals surface area contributed by atoms with Crippen LogP contribution in [0.1, 0.15) is 33.6 Å². The first-order valence-corrected chi connectivity index (χ1v) is 9.23. The molecule has 2 aromatic carbocycles. The van der Waals surface area contributed by atoms with E-state index in [2.05, 4.69) is 15.5 Å². The van der Waals surface area contributed by atoms with Crippen molar-refractivity contribution in [2.45, 2.75) is 18.9 Å². The van der Waals surface area contributed by atoms with Gasteiger partial charge in [0, 0.05) is 30.4 Å². The number of nitrogens with zero attached hydrogens (tertiary/aromatic N) is 1. The van der Waals surface area contributed by atoms with E-state index in [1.54, 1.807) is 0 Å². The van der Waals surface area contributed by atoms with Crippen LogP contribution in [0.5, 0.6) is 0 Å². The molecule has 3 rings (SSSR count). The summed E-state index contributed by atoms with van der Waals surface area (Å²) in [6.07, 6.45) is 1.52. The van der Waals surface area contributed by atoms with Gasteiger partial charge in [0.1, 0.15) is 0 Å². The van der Waals surface area contributed by atoms with E-state index in [1.165, 1.54) is 24.3 Å². The van der Waals surface area contributed by atoms with Crippen molar-refractivity contribution >= 4 is 23.5 Å². The highest BCUT2D eigenvalue weighted by atomic mass is 16.4. The van der Waals surface area contributed by atoms with Crippen LogP contribution < -0.4 is 10.6 Å². The number of aromatic carboxylic acids is 1. The van der Waals surface area contributed by atoms with Crippen LogP contribution in [0.2, 0.25) is 0 Å². The predicted octanol–water partition coefficient (Wildman–Crippen LogP) is 2.22. The maximum Gasteiger partial charge on any atom is 0.335 e. The molecular formula is C21H23N3O4. The lowest BCUT2D eigenvalue weighted by Crippen LogP contribution is -2.46. The van der Waals surface area contributed by atoms with Gasteiger partial charge in [-0.25, -0.2) is 4.79 Å². The Morgan fingerprint density at radius 1 is 0.929 bits per heavy atom. The van der Waals surface area contributed by atoms with Gasteiger partial charge in [-0.3, -0.25) is 14.5 Å². The Hall–Kier alpha value is -3.19. The molecule has 0 bridgehead atoms. The molecule has 0 aliphatic carbocycles. The van der Waals surface area contributed by atoms with Gasteiger partial charge in [-0.05, 0) is 49.2 Å². The highest BCUT2D eigenvalue weighted by Crippen LogP contribution is 2.13. The fraction of sp³-hybridized carbons (Fsp3) is 0.286. The number of carbonyl (C=O) groups is 3. The van der Waals surface area contributed by atoms with Crippen LogP contribution in [-0.4, -0.2) is 53.5 Å². The molecule has 0 atom stereocenters. The number of likely N-dealkylation sites (tertiary alicyclic amines) is 1. The Labute approximate surface area is 163 Å². The number of rotatable bonds is 6. The maximum atomic E-state index is 12.3. The topological polar surface area (TPSA) is 98.7 Å². The van der Waals surface area contributed by atoms with Crippen molar-refractivity contribution in [3.8, 4) is 0 Å². The molecule has 7 heteroatoms. The van der Waals surface area contributed by atoms with Gasteiger partial charge < -0.3 is 15.7 Å². The van der Waals surface area contributed by atoms with Crippen LogP contribution in [-0.2, 0) is 4.79 Å². The Balaban J connectivity index is 1.43. The van der Waals surface area contributed by atoms with E-state index in [-0.39, 0.29) is 23.4 Å². The Morgan fingerprint density at radius 2 is 1.54 bits per heavy atom. The predicted molar refractivity (Wildman–Crippen MR) is 105 cm³/mol. The van der Waals surface area contributed by atoms with Crippen molar-refractivity contribution in [2.24, 2.45) is 0 Å². The van der Waals surface area contributed by atoms with Crippen LogP contribution >= 0.6 is 0 Å². The van der Waals surface area contributed by atoms with Crippen LogP contribution in [0, 0.1) is 0 Å². The smallest absolute Gasteiger partial charge is 0.335 e. The third kappa shape index (κ3) is 5.40. The number of carboxylic acid groups (broad SMARTS) is 1. The Morgan fingerprint density at radius 3 is 2.14 bits per heavy atom. The van der Waals surface area contributed by atoms with E-state index in [0.29, 0.717) is 12.1 Å². The zero-order valence-electron chi connectivity index (χ0n) is 15.4. The van der Waals surface area contributed by atoms with E-state index in [0.717, 1.165) is 31.6 Å². The summed E-state index contributed by atoms with van der Waals surface area (Å²) in [7, 11) is 0. The van der Waals surface area contributed by atoms with E-state index in [4.69, 9.17) is 5.11 Å². The monoisotopic (exact) mass is 381 g/mol. The van der Waals surface area contributed by atoms with Crippen molar-refractivity contribution in [3.63, 3.8) is 0 Å². The third-order valence-electron chi connectivity index (χ3n) is 4.74. The van der Waals surface area contributed by atoms with Gasteiger partial charge >= 0.3 is 5.97 Å². The van der Waals surface area contributed by atoms with Crippen molar-refractivity contribution < 1.29 is 19.5 Å². The molecule has 7 nitrogen and oxygen atoms in total. The summed E-state index contributed by atoms with van der Waals surface area (Å²) < 4.78 is 0. The maximum absolute atomic E-state index is 12.3. The standard InChI is InChI=1S/C21H23N3O4/c25-19(22-17-4-2-1-3-5-17)14-24-12-10-18(11-13-24)23-20(26)15-6-8-16(9-7-15)21(27)28/h1-9,18H,10-14H2,(H,22,25)(H,23,26)(H,27,28). The lowest BCUT2D eigenvalue weighted by atomic mass is 10.0. The van der Waals surface area contributed by atoms with Crippen LogP contribution in [0.3, 0.4) is 0 Å². The molecule has 1 aliphatic rings. The molecular weight excluding hydrogens is 358 g/mol. The zero-order valence-corrected chi connectivity index (χ0v) is 15.4. The Kier molecular flexibility index (Phi) is 6.39. The summed E-state index contributed by atoms with van der Waals surface area (Å²) in [5, 5.41) is 14.8. The van der Waals surface area contributed by atoms with Gasteiger partial charge in [0.15, 0.2) is 0 Å². The number of amides is 2. The SMILES string of the molecule is O=C(CN1CCC(NC(=O)c2ccc(C(=O)O)cc2)CC1)Nc1ccccc1. The number of hydrogen-bond donors (Lipinski definition) is 3. The van der Waals surface area contributed by atoms with E-state index in [1.807, 2.05) is 30.3 Å². The fourth-order valence-corrected chi connectivity index (χ4v) is 3.19. The number of carboxylic acids is 1. The highest BCUT2D eigenvalue weighted by Gasteiger charge is 2.22. The van der Waals surface area contributed by atoms with Crippen LogP contribution in [0.25, 0.3) is 0 Å². The zero-order chi connectivity index (χ0) is 19.9. The van der Waals surface area contributed by atoms with E-state index < -0.39 is 5.97 Å². The Bertz CT molecular complexity index is 828. The first kappa shape index (κ1) is 19.6. The molecule has 0 unspecified atom stereocenters. The number of anilines is 1. The van der Waals surface area contributed by atoms with Gasteiger partial charge in [-0.15, -0.1) is 0 Å². The van der Waals surface area contributed by atoms with E-state index in [9.17, 15) is 14.4 Å². The lowest BCUT2D eigenvalue weighted by molar-refractivity contribution is -0.117. The van der Waals surface area contributed by atoms with E-state index >= 15 is 0 Å². The minimum Gasteiger partial charge on any atom is -0.478 e. The average molecular weight is 381 g/mol. The normalized spacial score (nSPS) is 15.0. The van der Waals surface area contributed by atoms with Gasteiger partial charge in [-0.1, -0.05) is 18.2 Å². The number of para-hydroxylation sites is 1. The summed E-state index contributed by atoms with van der Waals surface area (Å²) in [6.45, 7) is 1.78. The lowest BCUT2D eigenvalue weighted by Gasteiger charge is -2.31. The van der Waals surface area contributed by atoms with Crippen LogP contribution in [0.4, 0.5) is 5.69 Å². The molecule has 28 heavy (non-hydrogen) atoms. The second-order valence-corrected chi connectivity index (χ2v) is 6.82. The minimum absolute atomic E-state index is 0.0417. The minimum atomic E-state index is -1.02. The van der Waals surface area contributed by atoms with Crippen molar-refractivity contribution in [1.29, 1.82) is 0 Å². The van der Waals surface area contributed by atoms with Gasteiger partial charge in [0.25, 0.3) is 5.91 Å². The van der Waals surface area contributed by atoms with Crippen molar-refractivity contribution in [2.75, 3.05) is 25.0 Å². The molecule has 2 amide bonds. The number of piperidine rings is 1. The molecule has 1 fully saturated rings. The highest BCUT2D eigenvalue weighted by molar-refractivity contribution is 5.96. The number of benzene rings is 2. The number of nitrogens with one attached hydrogen (secondary N) is 2. The molecule has 0 aromatic heterocycles. The summed E-state index contributed by atoms with van der Waals surface area (Å²) in [5.74, 6) is -1.28. The molecule has 1 saturated heterocycles. The number of hydrogen-bond acceptors (Lipinski definition) is 4.